The van der Waals surface area contributed by atoms with Gasteiger partial charge in [-0.15, -0.1) is 12.4 Å². The van der Waals surface area contributed by atoms with E-state index in [1.165, 1.54) is 11.1 Å². The van der Waals surface area contributed by atoms with Crippen LogP contribution in [0.4, 0.5) is 5.69 Å². The second-order valence-electron chi connectivity index (χ2n) is 6.48. The van der Waals surface area contributed by atoms with Gasteiger partial charge in [0, 0.05) is 24.3 Å². The van der Waals surface area contributed by atoms with Crippen LogP contribution in [-0.2, 0) is 17.8 Å². The standard InChI is InChI=1S/C20H22N2O2.ClH/c23-20(18-7-3-5-14-4-1-2-6-17(14)18)22-16-8-9-19-15(12-16)13-21-10-11-24-19;/h1-2,4,6,8-9,12,18,21H,3,5,7,10-11,13H2,(H,22,23);1H. The minimum atomic E-state index is -0.0527. The minimum absolute atomic E-state index is 0. The van der Waals surface area contributed by atoms with E-state index in [0.29, 0.717) is 6.61 Å². The highest BCUT2D eigenvalue weighted by atomic mass is 35.5. The summed E-state index contributed by atoms with van der Waals surface area (Å²) in [4.78, 5) is 12.8. The van der Waals surface area contributed by atoms with Crippen molar-refractivity contribution >= 4 is 24.0 Å². The van der Waals surface area contributed by atoms with Gasteiger partial charge in [-0.25, -0.2) is 0 Å². The van der Waals surface area contributed by atoms with Crippen LogP contribution in [-0.4, -0.2) is 19.1 Å². The Balaban J connectivity index is 0.00000182. The van der Waals surface area contributed by atoms with Crippen molar-refractivity contribution in [3.63, 3.8) is 0 Å². The van der Waals surface area contributed by atoms with Gasteiger partial charge in [-0.2, -0.15) is 0 Å². The molecule has 132 valence electrons. The maximum Gasteiger partial charge on any atom is 0.231 e. The van der Waals surface area contributed by atoms with Gasteiger partial charge in [0.25, 0.3) is 0 Å². The molecule has 0 saturated heterocycles. The Bertz CT molecular complexity index is 763. The van der Waals surface area contributed by atoms with E-state index in [1.807, 2.05) is 24.3 Å². The number of benzene rings is 2. The lowest BCUT2D eigenvalue weighted by atomic mass is 9.82. The third kappa shape index (κ3) is 3.80. The van der Waals surface area contributed by atoms with Gasteiger partial charge >= 0.3 is 0 Å². The molecule has 1 unspecified atom stereocenters. The van der Waals surface area contributed by atoms with Crippen LogP contribution in [0, 0.1) is 0 Å². The van der Waals surface area contributed by atoms with Crippen LogP contribution in [0.1, 0.15) is 35.4 Å². The molecule has 0 aromatic heterocycles. The van der Waals surface area contributed by atoms with E-state index in [1.54, 1.807) is 0 Å². The van der Waals surface area contributed by atoms with Gasteiger partial charge in [-0.3, -0.25) is 4.79 Å². The van der Waals surface area contributed by atoms with Gasteiger partial charge in [-0.05, 0) is 48.6 Å². The molecular formula is C20H23ClN2O2. The number of ether oxygens (including phenoxy) is 1. The summed E-state index contributed by atoms with van der Waals surface area (Å²) in [6, 6.07) is 14.2. The number of fused-ring (bicyclic) bond motifs is 2. The van der Waals surface area contributed by atoms with E-state index in [-0.39, 0.29) is 24.2 Å². The highest BCUT2D eigenvalue weighted by molar-refractivity contribution is 5.96. The number of hydrogen-bond acceptors (Lipinski definition) is 3. The monoisotopic (exact) mass is 358 g/mol. The lowest BCUT2D eigenvalue weighted by Gasteiger charge is -2.24. The number of halogens is 1. The zero-order valence-corrected chi connectivity index (χ0v) is 14.9. The van der Waals surface area contributed by atoms with Crippen LogP contribution in [0.2, 0.25) is 0 Å². The Kier molecular flexibility index (Phi) is 5.61. The van der Waals surface area contributed by atoms with Crippen LogP contribution in [0.25, 0.3) is 0 Å². The van der Waals surface area contributed by atoms with Crippen molar-refractivity contribution < 1.29 is 9.53 Å². The first kappa shape index (κ1) is 17.8. The van der Waals surface area contributed by atoms with Crippen LogP contribution < -0.4 is 15.4 Å². The van der Waals surface area contributed by atoms with Crippen molar-refractivity contribution in [2.24, 2.45) is 0 Å². The van der Waals surface area contributed by atoms with Crippen molar-refractivity contribution in [2.75, 3.05) is 18.5 Å². The molecule has 1 heterocycles. The number of aryl methyl sites for hydroxylation is 1. The summed E-state index contributed by atoms with van der Waals surface area (Å²) in [7, 11) is 0. The number of anilines is 1. The van der Waals surface area contributed by atoms with Gasteiger partial charge in [0.15, 0.2) is 0 Å². The fraction of sp³-hybridized carbons (Fsp3) is 0.350. The number of rotatable bonds is 2. The van der Waals surface area contributed by atoms with Crippen LogP contribution >= 0.6 is 12.4 Å². The van der Waals surface area contributed by atoms with Gasteiger partial charge in [0.1, 0.15) is 12.4 Å². The number of carbonyl (C=O) groups excluding carboxylic acids is 1. The topological polar surface area (TPSA) is 50.4 Å². The third-order valence-corrected chi connectivity index (χ3v) is 4.87. The van der Waals surface area contributed by atoms with Crippen molar-refractivity contribution in [3.05, 3.63) is 59.2 Å². The van der Waals surface area contributed by atoms with Crippen LogP contribution in [0.5, 0.6) is 5.75 Å². The molecule has 1 aliphatic heterocycles. The van der Waals surface area contributed by atoms with E-state index in [9.17, 15) is 4.79 Å². The number of hydrogen-bond donors (Lipinski definition) is 2. The fourth-order valence-corrected chi connectivity index (χ4v) is 3.65. The Morgan fingerprint density at radius 3 is 2.96 bits per heavy atom. The first-order valence-electron chi connectivity index (χ1n) is 8.66. The molecule has 0 spiro atoms. The zero-order valence-electron chi connectivity index (χ0n) is 14.1. The van der Waals surface area contributed by atoms with E-state index in [4.69, 9.17) is 4.74 Å². The van der Waals surface area contributed by atoms with Gasteiger partial charge in [0.2, 0.25) is 5.91 Å². The molecule has 5 heteroatoms. The summed E-state index contributed by atoms with van der Waals surface area (Å²) in [6.45, 7) is 2.29. The quantitative estimate of drug-likeness (QED) is 0.861. The highest BCUT2D eigenvalue weighted by Gasteiger charge is 2.26. The van der Waals surface area contributed by atoms with E-state index in [2.05, 4.69) is 28.8 Å². The summed E-state index contributed by atoms with van der Waals surface area (Å²) in [5, 5.41) is 6.42. The Hall–Kier alpha value is -2.04. The largest absolute Gasteiger partial charge is 0.492 e. The van der Waals surface area contributed by atoms with Crippen LogP contribution in [0.3, 0.4) is 0 Å². The lowest BCUT2D eigenvalue weighted by Crippen LogP contribution is -2.24. The molecule has 1 atom stereocenters. The average molecular weight is 359 g/mol. The Labute approximate surface area is 154 Å². The SMILES string of the molecule is Cl.O=C(Nc1ccc2c(c1)CNCCO2)C1CCCc2ccccc21. The molecular weight excluding hydrogens is 336 g/mol. The predicted molar refractivity (Wildman–Crippen MR) is 102 cm³/mol. The van der Waals surface area contributed by atoms with Crippen molar-refractivity contribution in [1.82, 2.24) is 5.32 Å². The van der Waals surface area contributed by atoms with Gasteiger partial charge in [-0.1, -0.05) is 24.3 Å². The summed E-state index contributed by atoms with van der Waals surface area (Å²) in [5.74, 6) is 0.939. The van der Waals surface area contributed by atoms with E-state index >= 15 is 0 Å². The molecule has 2 N–H and O–H groups in total. The molecule has 4 nitrogen and oxygen atoms in total. The predicted octanol–water partition coefficient (Wildman–Crippen LogP) is 3.65. The zero-order chi connectivity index (χ0) is 16.4. The highest BCUT2D eigenvalue weighted by Crippen LogP contribution is 2.33. The first-order valence-corrected chi connectivity index (χ1v) is 8.66. The fourth-order valence-electron chi connectivity index (χ4n) is 3.65. The Morgan fingerprint density at radius 1 is 1.16 bits per heavy atom. The molecule has 1 amide bonds. The molecule has 2 aromatic rings. The van der Waals surface area contributed by atoms with Gasteiger partial charge in [0.05, 0.1) is 5.92 Å². The third-order valence-electron chi connectivity index (χ3n) is 4.87. The van der Waals surface area contributed by atoms with Crippen molar-refractivity contribution in [3.8, 4) is 5.75 Å². The number of nitrogens with one attached hydrogen (secondary N) is 2. The van der Waals surface area contributed by atoms with E-state index in [0.717, 1.165) is 49.4 Å². The van der Waals surface area contributed by atoms with Crippen LogP contribution in [0.15, 0.2) is 42.5 Å². The molecule has 0 radical (unpaired) electrons. The molecule has 0 bridgehead atoms. The number of carbonyl (C=O) groups is 1. The van der Waals surface area contributed by atoms with Crippen molar-refractivity contribution in [2.45, 2.75) is 31.7 Å². The average Bonchev–Trinajstić information content (AvgIpc) is 2.86. The van der Waals surface area contributed by atoms with Gasteiger partial charge < -0.3 is 15.4 Å². The number of amides is 1. The Morgan fingerprint density at radius 2 is 2.04 bits per heavy atom. The molecule has 0 fully saturated rings. The minimum Gasteiger partial charge on any atom is -0.492 e. The molecule has 4 rings (SSSR count). The first-order chi connectivity index (χ1) is 11.8. The summed E-state index contributed by atoms with van der Waals surface area (Å²) >= 11 is 0. The smallest absolute Gasteiger partial charge is 0.231 e. The lowest BCUT2D eigenvalue weighted by molar-refractivity contribution is -0.117. The molecule has 25 heavy (non-hydrogen) atoms. The summed E-state index contributed by atoms with van der Waals surface area (Å²) < 4.78 is 5.70. The maximum atomic E-state index is 12.8. The second-order valence-corrected chi connectivity index (χ2v) is 6.48. The normalized spacial score (nSPS) is 18.6. The summed E-state index contributed by atoms with van der Waals surface area (Å²) in [5.41, 5.74) is 4.42. The van der Waals surface area contributed by atoms with E-state index < -0.39 is 0 Å². The van der Waals surface area contributed by atoms with Crippen molar-refractivity contribution in [1.29, 1.82) is 0 Å². The second kappa shape index (κ2) is 7.89. The molecule has 2 aromatic carbocycles. The maximum absolute atomic E-state index is 12.8. The molecule has 1 aliphatic carbocycles. The molecule has 0 saturated carbocycles. The summed E-state index contributed by atoms with van der Waals surface area (Å²) in [6.07, 6.45) is 3.05. The molecule has 2 aliphatic rings.